The normalized spacial score (nSPS) is 40.3. The molecule has 13 unspecified atom stereocenters. The summed E-state index contributed by atoms with van der Waals surface area (Å²) in [5.74, 6) is 5.36. The van der Waals surface area contributed by atoms with Gasteiger partial charge in [-0.3, -0.25) is 4.79 Å². The van der Waals surface area contributed by atoms with Crippen LogP contribution < -0.4 is 0 Å². The number of allylic oxidation sites excluding steroid dienone is 14. The summed E-state index contributed by atoms with van der Waals surface area (Å²) >= 11 is 0. The van der Waals surface area contributed by atoms with Crippen LogP contribution in [0.5, 0.6) is 0 Å². The fraction of sp³-hybridized carbons (Fsp3) is 0.757. The maximum absolute atomic E-state index is 15.3. The van der Waals surface area contributed by atoms with Gasteiger partial charge in [-0.05, 0) is 232 Å². The van der Waals surface area contributed by atoms with Crippen LogP contribution in [-0.2, 0) is 9.53 Å². The van der Waals surface area contributed by atoms with Gasteiger partial charge < -0.3 is 4.74 Å². The zero-order valence-electron chi connectivity index (χ0n) is 48.9. The molecule has 0 amide bonds. The van der Waals surface area contributed by atoms with Gasteiger partial charge in [0.15, 0.2) is 0 Å². The number of hydrogen-bond acceptors (Lipinski definition) is 2. The van der Waals surface area contributed by atoms with Crippen molar-refractivity contribution in [1.29, 1.82) is 0 Å². The van der Waals surface area contributed by atoms with Crippen molar-refractivity contribution in [2.45, 2.75) is 238 Å². The van der Waals surface area contributed by atoms with E-state index in [2.05, 4.69) is 126 Å². The Kier molecular flexibility index (Phi) is 15.1. The fourth-order valence-corrected chi connectivity index (χ4v) is 19.6. The maximum Gasteiger partial charge on any atom is 0.312 e. The molecule has 398 valence electrons. The Morgan fingerprint density at radius 3 is 1.92 bits per heavy atom. The van der Waals surface area contributed by atoms with Gasteiger partial charge in [0, 0.05) is 5.41 Å². The van der Waals surface area contributed by atoms with E-state index in [0.717, 1.165) is 57.3 Å². The molecular formula is C70H106O2. The van der Waals surface area contributed by atoms with Crippen LogP contribution in [0, 0.1) is 91.2 Å². The van der Waals surface area contributed by atoms with E-state index in [0.29, 0.717) is 59.4 Å². The number of hydrogen-bond donors (Lipinski definition) is 0. The summed E-state index contributed by atoms with van der Waals surface area (Å²) in [5.41, 5.74) is 12.9. The van der Waals surface area contributed by atoms with E-state index < -0.39 is 5.41 Å². The average molecular weight is 980 g/mol. The van der Waals surface area contributed by atoms with Gasteiger partial charge in [-0.25, -0.2) is 0 Å². The topological polar surface area (TPSA) is 26.3 Å². The molecule has 9 aliphatic rings. The third-order valence-electron chi connectivity index (χ3n) is 24.6. The fourth-order valence-electron chi connectivity index (χ4n) is 19.6. The number of carbonyl (C=O) groups is 1. The summed E-state index contributed by atoms with van der Waals surface area (Å²) in [6.07, 6.45) is 42.6. The van der Waals surface area contributed by atoms with Crippen LogP contribution >= 0.6 is 0 Å². The molecule has 0 aromatic rings. The summed E-state index contributed by atoms with van der Waals surface area (Å²) in [5, 5.41) is 0. The molecule has 2 nitrogen and oxygen atoms in total. The molecule has 0 heterocycles. The lowest BCUT2D eigenvalue weighted by Crippen LogP contribution is -2.53. The molecule has 72 heavy (non-hydrogen) atoms. The molecule has 0 saturated heterocycles. The molecule has 0 spiro atoms. The zero-order chi connectivity index (χ0) is 51.8. The van der Waals surface area contributed by atoms with Crippen molar-refractivity contribution in [3.05, 3.63) is 94.2 Å². The van der Waals surface area contributed by atoms with Crippen LogP contribution in [0.3, 0.4) is 0 Å². The first-order chi connectivity index (χ1) is 34.0. The molecule has 9 aliphatic carbocycles. The molecular weight excluding hydrogens is 873 g/mol. The molecule has 0 bridgehead atoms. The first-order valence-electron chi connectivity index (χ1n) is 30.7. The van der Waals surface area contributed by atoms with Crippen LogP contribution in [-0.4, -0.2) is 12.6 Å². The van der Waals surface area contributed by atoms with Crippen molar-refractivity contribution in [2.24, 2.45) is 91.2 Å². The molecule has 0 aromatic carbocycles. The Hall–Kier alpha value is -2.61. The van der Waals surface area contributed by atoms with Crippen molar-refractivity contribution in [1.82, 2.24) is 0 Å². The third-order valence-corrected chi connectivity index (χ3v) is 24.6. The SMILES string of the molecule is C=C(CCC(CC)(CCC(=C)C1(C)CCCC2CC=C3C=C(C(C)C)CCC3(C)C21)COC(=O)C1(C)CCCC2(C)C3CCC(C(C)C)=CC3=CCC12)C1(C)CCCC2(C)CC=C3C=C(C(C)C)CCC3C21. The third kappa shape index (κ3) is 9.23. The first-order valence-corrected chi connectivity index (χ1v) is 30.7. The predicted molar refractivity (Wildman–Crippen MR) is 306 cm³/mol. The molecule has 2 heteroatoms. The molecule has 0 aliphatic heterocycles. The highest BCUT2D eigenvalue weighted by molar-refractivity contribution is 5.77. The van der Waals surface area contributed by atoms with Crippen LogP contribution in [0.15, 0.2) is 94.2 Å². The number of rotatable bonds is 15. The van der Waals surface area contributed by atoms with Gasteiger partial charge in [0.1, 0.15) is 0 Å². The second-order valence-corrected chi connectivity index (χ2v) is 29.4. The van der Waals surface area contributed by atoms with Gasteiger partial charge in [-0.1, -0.05) is 180 Å². The molecule has 0 aromatic heterocycles. The summed E-state index contributed by atoms with van der Waals surface area (Å²) in [6.45, 7) is 43.0. The second kappa shape index (κ2) is 20.1. The number of carbonyl (C=O) groups excluding carboxylic acids is 1. The van der Waals surface area contributed by atoms with Gasteiger partial charge in [-0.15, -0.1) is 0 Å². The van der Waals surface area contributed by atoms with Crippen molar-refractivity contribution < 1.29 is 9.53 Å². The highest BCUT2D eigenvalue weighted by Gasteiger charge is 2.60. The summed E-state index contributed by atoms with van der Waals surface area (Å²) in [6, 6.07) is 0. The van der Waals surface area contributed by atoms with E-state index >= 15 is 4.79 Å². The van der Waals surface area contributed by atoms with E-state index in [4.69, 9.17) is 17.9 Å². The molecule has 0 radical (unpaired) electrons. The molecule has 0 N–H and O–H groups in total. The van der Waals surface area contributed by atoms with Crippen molar-refractivity contribution in [3.8, 4) is 0 Å². The van der Waals surface area contributed by atoms with Crippen LogP contribution in [0.1, 0.15) is 238 Å². The van der Waals surface area contributed by atoms with Gasteiger partial charge >= 0.3 is 5.97 Å². The lowest BCUT2D eigenvalue weighted by atomic mass is 9.45. The average Bonchev–Trinajstić information content (AvgIpc) is 3.34. The van der Waals surface area contributed by atoms with E-state index in [1.165, 1.54) is 107 Å². The van der Waals surface area contributed by atoms with E-state index in [-0.39, 0.29) is 33.0 Å². The van der Waals surface area contributed by atoms with Crippen LogP contribution in [0.25, 0.3) is 0 Å². The standard InChI is InChI=1S/C70H106O2/c1-16-70(40-29-49(8)65(11)34-17-20-51-21-25-57-44-54(48(6)7)32-39-67(57,13)61(51)65,41-30-50(9)66(12)35-18-33-64(10)38-31-55-42-52(46(2)3)22-26-58(55)62(64)66)45-72-63(71)69(15)37-19-36-68(14)59-27-23-53(47(4)5)43-56(59)24-28-60(68)69/h24-25,31,42-44,46-48,51,58-62H,8-9,16-23,26-30,32-41,45H2,1-7,10-15H3. The molecule has 13 atom stereocenters. The quantitative estimate of drug-likeness (QED) is 0.121. The van der Waals surface area contributed by atoms with Crippen molar-refractivity contribution >= 4 is 5.97 Å². The number of ether oxygens (including phenoxy) is 1. The number of esters is 1. The van der Waals surface area contributed by atoms with Gasteiger partial charge in [0.25, 0.3) is 0 Å². The van der Waals surface area contributed by atoms with Crippen molar-refractivity contribution in [3.63, 3.8) is 0 Å². The minimum atomic E-state index is -0.476. The highest BCUT2D eigenvalue weighted by atomic mass is 16.5. The van der Waals surface area contributed by atoms with Gasteiger partial charge in [0.05, 0.1) is 12.0 Å². The zero-order valence-corrected chi connectivity index (χ0v) is 48.9. The Morgan fingerprint density at radius 2 is 1.25 bits per heavy atom. The summed E-state index contributed by atoms with van der Waals surface area (Å²) in [7, 11) is 0. The Morgan fingerprint density at radius 1 is 0.653 bits per heavy atom. The molecule has 9 rings (SSSR count). The predicted octanol–water partition coefficient (Wildman–Crippen LogP) is 20.0. The van der Waals surface area contributed by atoms with E-state index in [1.807, 2.05) is 0 Å². The lowest BCUT2D eigenvalue weighted by Gasteiger charge is -2.59. The minimum absolute atomic E-state index is 0.0882. The van der Waals surface area contributed by atoms with E-state index in [1.54, 1.807) is 33.4 Å². The van der Waals surface area contributed by atoms with Crippen LogP contribution in [0.4, 0.5) is 0 Å². The van der Waals surface area contributed by atoms with Crippen LogP contribution in [0.2, 0.25) is 0 Å². The maximum atomic E-state index is 15.3. The Balaban J connectivity index is 0.991. The monoisotopic (exact) mass is 979 g/mol. The Bertz CT molecular complexity index is 2270. The molecule has 3 saturated carbocycles. The summed E-state index contributed by atoms with van der Waals surface area (Å²) in [4.78, 5) is 15.3. The molecule has 3 fully saturated rings. The summed E-state index contributed by atoms with van der Waals surface area (Å²) < 4.78 is 7.07. The lowest BCUT2D eigenvalue weighted by molar-refractivity contribution is -0.173. The van der Waals surface area contributed by atoms with Crippen molar-refractivity contribution in [2.75, 3.05) is 6.61 Å². The second-order valence-electron chi connectivity index (χ2n) is 29.4. The number of fused-ring (bicyclic) bond motifs is 9. The largest absolute Gasteiger partial charge is 0.465 e. The smallest absolute Gasteiger partial charge is 0.312 e. The minimum Gasteiger partial charge on any atom is -0.465 e. The van der Waals surface area contributed by atoms with Gasteiger partial charge in [-0.2, -0.15) is 0 Å². The Labute approximate surface area is 443 Å². The van der Waals surface area contributed by atoms with E-state index in [9.17, 15) is 0 Å². The first kappa shape index (κ1) is 54.2. The van der Waals surface area contributed by atoms with Gasteiger partial charge in [0.2, 0.25) is 0 Å². The highest BCUT2D eigenvalue weighted by Crippen LogP contribution is 2.67.